The van der Waals surface area contributed by atoms with Gasteiger partial charge in [-0.25, -0.2) is 0 Å². The van der Waals surface area contributed by atoms with Crippen molar-refractivity contribution >= 4 is 23.5 Å². The van der Waals surface area contributed by atoms with Crippen LogP contribution >= 0.6 is 0 Å². The van der Waals surface area contributed by atoms with E-state index in [1.54, 1.807) is 38.1 Å². The lowest BCUT2D eigenvalue weighted by atomic mass is 10.1. The van der Waals surface area contributed by atoms with Crippen LogP contribution in [0.1, 0.15) is 47.9 Å². The molecule has 1 N–H and O–H groups in total. The van der Waals surface area contributed by atoms with Gasteiger partial charge in [0.05, 0.1) is 17.2 Å². The molecule has 0 bridgehead atoms. The van der Waals surface area contributed by atoms with Crippen molar-refractivity contribution < 1.29 is 19.2 Å². The number of carbonyl (C=O) groups excluding carboxylic acids is 4. The largest absolute Gasteiger partial charge is 0.345 e. The summed E-state index contributed by atoms with van der Waals surface area (Å²) in [4.78, 5) is 49.3. The molecule has 0 saturated heterocycles. The van der Waals surface area contributed by atoms with Gasteiger partial charge < -0.3 is 5.32 Å². The molecule has 22 heavy (non-hydrogen) atoms. The molecule has 1 heterocycles. The molecule has 116 valence electrons. The van der Waals surface area contributed by atoms with Crippen LogP contribution in [-0.4, -0.2) is 40.5 Å². The molecule has 0 fully saturated rings. The van der Waals surface area contributed by atoms with Crippen molar-refractivity contribution in [2.45, 2.75) is 39.3 Å². The van der Waals surface area contributed by atoms with Gasteiger partial charge in [0.25, 0.3) is 11.8 Å². The topological polar surface area (TPSA) is 83.6 Å². The van der Waals surface area contributed by atoms with Gasteiger partial charge in [0.15, 0.2) is 5.78 Å². The number of nitrogens with one attached hydrogen (secondary N) is 1. The lowest BCUT2D eigenvalue weighted by Crippen LogP contribution is -2.52. The lowest BCUT2D eigenvalue weighted by molar-refractivity contribution is -0.129. The maximum Gasteiger partial charge on any atom is 0.262 e. The summed E-state index contributed by atoms with van der Waals surface area (Å²) in [6, 6.07) is 4.90. The Morgan fingerprint density at radius 2 is 1.64 bits per heavy atom. The second-order valence-electron chi connectivity index (χ2n) is 5.29. The molecule has 1 aliphatic heterocycles. The van der Waals surface area contributed by atoms with Crippen molar-refractivity contribution in [3.05, 3.63) is 35.4 Å². The number of imide groups is 1. The number of benzene rings is 1. The molecule has 0 saturated carbocycles. The Morgan fingerprint density at radius 1 is 1.14 bits per heavy atom. The zero-order chi connectivity index (χ0) is 16.4. The molecule has 1 aliphatic rings. The van der Waals surface area contributed by atoms with Crippen molar-refractivity contribution in [3.63, 3.8) is 0 Å². The Hall–Kier alpha value is -2.50. The molecule has 0 radical (unpaired) electrons. The van der Waals surface area contributed by atoms with Crippen LogP contribution < -0.4 is 5.32 Å². The molecule has 6 heteroatoms. The van der Waals surface area contributed by atoms with Crippen LogP contribution in [0.15, 0.2) is 24.3 Å². The molecule has 0 spiro atoms. The highest BCUT2D eigenvalue weighted by Crippen LogP contribution is 2.25. The van der Waals surface area contributed by atoms with Crippen LogP contribution in [0, 0.1) is 0 Å². The second kappa shape index (κ2) is 6.09. The second-order valence-corrected chi connectivity index (χ2v) is 5.29. The lowest BCUT2D eigenvalue weighted by Gasteiger charge is -2.25. The predicted octanol–water partition coefficient (Wildman–Crippen LogP) is 1.15. The molecule has 0 aromatic heterocycles. The SMILES string of the molecule is CC[C@@H](C(=O)N[C@@H](C)C(C)=O)N1C(=O)c2ccccc2C1=O. The van der Waals surface area contributed by atoms with Crippen LogP contribution in [-0.2, 0) is 9.59 Å². The summed E-state index contributed by atoms with van der Waals surface area (Å²) < 4.78 is 0. The minimum Gasteiger partial charge on any atom is -0.345 e. The number of rotatable bonds is 5. The van der Waals surface area contributed by atoms with E-state index in [1.165, 1.54) is 6.92 Å². The van der Waals surface area contributed by atoms with Gasteiger partial charge >= 0.3 is 0 Å². The third-order valence-electron chi connectivity index (χ3n) is 3.80. The van der Waals surface area contributed by atoms with Gasteiger partial charge in [-0.2, -0.15) is 0 Å². The first kappa shape index (κ1) is 15.9. The summed E-state index contributed by atoms with van der Waals surface area (Å²) in [6.07, 6.45) is 0.280. The maximum absolute atomic E-state index is 12.4. The molecular weight excluding hydrogens is 284 g/mol. The fourth-order valence-corrected chi connectivity index (χ4v) is 2.39. The van der Waals surface area contributed by atoms with E-state index in [1.807, 2.05) is 0 Å². The molecule has 0 aliphatic carbocycles. The quantitative estimate of drug-likeness (QED) is 0.827. The van der Waals surface area contributed by atoms with E-state index < -0.39 is 29.8 Å². The highest BCUT2D eigenvalue weighted by Gasteiger charge is 2.42. The Kier molecular flexibility index (Phi) is 4.40. The van der Waals surface area contributed by atoms with Crippen molar-refractivity contribution in [2.75, 3.05) is 0 Å². The minimum atomic E-state index is -0.922. The predicted molar refractivity (Wildman–Crippen MR) is 79.3 cm³/mol. The number of hydrogen-bond donors (Lipinski definition) is 1. The Balaban J connectivity index is 2.26. The van der Waals surface area contributed by atoms with Gasteiger partial charge in [-0.1, -0.05) is 19.1 Å². The van der Waals surface area contributed by atoms with E-state index in [-0.39, 0.29) is 12.2 Å². The summed E-state index contributed by atoms with van der Waals surface area (Å²) >= 11 is 0. The number of ketones is 1. The third kappa shape index (κ3) is 2.64. The standard InChI is InChI=1S/C16H18N2O4/c1-4-13(14(20)17-9(2)10(3)19)18-15(21)11-7-5-6-8-12(11)16(18)22/h5-9,13H,4H2,1-3H3,(H,17,20)/t9-,13-/m0/s1. The highest BCUT2D eigenvalue weighted by atomic mass is 16.2. The fraction of sp³-hybridized carbons (Fsp3) is 0.375. The molecule has 2 rings (SSSR count). The first-order valence-corrected chi connectivity index (χ1v) is 7.16. The molecule has 1 aromatic rings. The van der Waals surface area contributed by atoms with E-state index in [2.05, 4.69) is 5.32 Å². The normalized spacial score (nSPS) is 16.2. The first-order valence-electron chi connectivity index (χ1n) is 7.16. The fourth-order valence-electron chi connectivity index (χ4n) is 2.39. The van der Waals surface area contributed by atoms with Crippen molar-refractivity contribution in [1.29, 1.82) is 0 Å². The van der Waals surface area contributed by atoms with E-state index in [9.17, 15) is 19.2 Å². The number of amides is 3. The van der Waals surface area contributed by atoms with Crippen LogP contribution in [0.3, 0.4) is 0 Å². The van der Waals surface area contributed by atoms with Crippen molar-refractivity contribution in [2.24, 2.45) is 0 Å². The van der Waals surface area contributed by atoms with E-state index in [4.69, 9.17) is 0 Å². The van der Waals surface area contributed by atoms with Crippen LogP contribution in [0.5, 0.6) is 0 Å². The van der Waals surface area contributed by atoms with Crippen LogP contribution in [0.4, 0.5) is 0 Å². The smallest absolute Gasteiger partial charge is 0.262 e. The van der Waals surface area contributed by atoms with Crippen LogP contribution in [0.2, 0.25) is 0 Å². The van der Waals surface area contributed by atoms with Gasteiger partial charge in [-0.05, 0) is 32.4 Å². The number of carbonyl (C=O) groups is 4. The van der Waals surface area contributed by atoms with Gasteiger partial charge in [0.1, 0.15) is 6.04 Å². The zero-order valence-electron chi connectivity index (χ0n) is 12.8. The number of fused-ring (bicyclic) bond motifs is 1. The minimum absolute atomic E-state index is 0.189. The highest BCUT2D eigenvalue weighted by molar-refractivity contribution is 6.22. The summed E-state index contributed by atoms with van der Waals surface area (Å²) in [7, 11) is 0. The number of nitrogens with zero attached hydrogens (tertiary/aromatic N) is 1. The van der Waals surface area contributed by atoms with Crippen molar-refractivity contribution in [1.82, 2.24) is 10.2 Å². The Morgan fingerprint density at radius 3 is 2.05 bits per heavy atom. The van der Waals surface area contributed by atoms with E-state index >= 15 is 0 Å². The molecule has 1 aromatic carbocycles. The van der Waals surface area contributed by atoms with E-state index in [0.717, 1.165) is 4.90 Å². The van der Waals surface area contributed by atoms with Gasteiger partial charge in [-0.3, -0.25) is 24.1 Å². The number of hydrogen-bond acceptors (Lipinski definition) is 4. The zero-order valence-corrected chi connectivity index (χ0v) is 12.8. The average molecular weight is 302 g/mol. The monoisotopic (exact) mass is 302 g/mol. The maximum atomic E-state index is 12.4. The van der Waals surface area contributed by atoms with E-state index in [0.29, 0.717) is 11.1 Å². The van der Waals surface area contributed by atoms with Crippen LogP contribution in [0.25, 0.3) is 0 Å². The Labute approximate surface area is 128 Å². The summed E-state index contributed by atoms with van der Waals surface area (Å²) in [5.74, 6) is -1.64. The first-order chi connectivity index (χ1) is 10.4. The molecule has 2 atom stereocenters. The van der Waals surface area contributed by atoms with Gasteiger partial charge in [0.2, 0.25) is 5.91 Å². The molecule has 0 unspecified atom stereocenters. The third-order valence-corrected chi connectivity index (χ3v) is 3.80. The summed E-state index contributed by atoms with van der Waals surface area (Å²) in [5, 5.41) is 2.54. The molecular formula is C16H18N2O4. The van der Waals surface area contributed by atoms with Crippen molar-refractivity contribution in [3.8, 4) is 0 Å². The summed E-state index contributed by atoms with van der Waals surface area (Å²) in [6.45, 7) is 4.65. The number of Topliss-reactive ketones (excluding diaryl/α,β-unsaturated/α-hetero) is 1. The molecule has 6 nitrogen and oxygen atoms in total. The summed E-state index contributed by atoms with van der Waals surface area (Å²) in [5.41, 5.74) is 0.608. The Bertz CT molecular complexity index is 618. The average Bonchev–Trinajstić information content (AvgIpc) is 2.73. The van der Waals surface area contributed by atoms with Gasteiger partial charge in [0, 0.05) is 0 Å². The molecule has 3 amide bonds. The van der Waals surface area contributed by atoms with Gasteiger partial charge in [-0.15, -0.1) is 0 Å².